The second-order valence-electron chi connectivity index (χ2n) is 7.36. The molecule has 1 aromatic carbocycles. The maximum absolute atomic E-state index is 13.1. The molecule has 0 radical (unpaired) electrons. The number of halogens is 1. The first kappa shape index (κ1) is 21.2. The van der Waals surface area contributed by atoms with Gasteiger partial charge < -0.3 is 19.3 Å². The number of likely N-dealkylation sites (N-methyl/N-ethyl adjacent to an activating group) is 1. The van der Waals surface area contributed by atoms with Crippen LogP contribution in [0.15, 0.2) is 41.5 Å². The average Bonchev–Trinajstić information content (AvgIpc) is 3.21. The summed E-state index contributed by atoms with van der Waals surface area (Å²) in [6, 6.07) is 6.01. The third-order valence-electron chi connectivity index (χ3n) is 5.34. The molecule has 1 aliphatic rings. The van der Waals surface area contributed by atoms with Crippen LogP contribution < -0.4 is 5.43 Å². The molecule has 9 heteroatoms. The normalized spacial score (nSPS) is 15.9. The number of aromatic hydroxyl groups is 1. The molecular weight excluding hydrogens is 421 g/mol. The molecule has 1 aliphatic heterocycles. The minimum Gasteiger partial charge on any atom is -0.503 e. The Morgan fingerprint density at radius 1 is 1.29 bits per heavy atom. The molecule has 0 spiro atoms. The molecule has 0 unspecified atom stereocenters. The number of amides is 1. The van der Waals surface area contributed by atoms with Crippen LogP contribution in [-0.2, 0) is 17.7 Å². The Balaban J connectivity index is 1.70. The number of hydrogen-bond acceptors (Lipinski definition) is 6. The number of benzene rings is 1. The van der Waals surface area contributed by atoms with Crippen LogP contribution in [0.1, 0.15) is 27.9 Å². The molecule has 3 aromatic rings. The first-order valence-corrected chi connectivity index (χ1v) is 10.7. The van der Waals surface area contributed by atoms with Crippen molar-refractivity contribution in [2.45, 2.75) is 25.9 Å². The van der Waals surface area contributed by atoms with Crippen LogP contribution in [0.5, 0.6) is 5.75 Å². The number of thiazole rings is 1. The predicted octanol–water partition coefficient (Wildman–Crippen LogP) is 2.90. The molecule has 0 saturated heterocycles. The molecule has 162 valence electrons. The molecular formula is C22H22FN3O4S. The molecule has 2 aromatic heterocycles. The number of ether oxygens (including phenoxy) is 1. The molecule has 31 heavy (non-hydrogen) atoms. The van der Waals surface area contributed by atoms with Gasteiger partial charge in [-0.05, 0) is 24.6 Å². The summed E-state index contributed by atoms with van der Waals surface area (Å²) in [6.07, 6.45) is 3.81. The van der Waals surface area contributed by atoms with Crippen molar-refractivity contribution in [1.82, 2.24) is 14.5 Å². The second-order valence-corrected chi connectivity index (χ2v) is 8.47. The highest BCUT2D eigenvalue weighted by Crippen LogP contribution is 2.30. The lowest BCUT2D eigenvalue weighted by atomic mass is 10.1. The number of methoxy groups -OCH3 is 1. The lowest BCUT2D eigenvalue weighted by Gasteiger charge is -2.36. The van der Waals surface area contributed by atoms with Gasteiger partial charge >= 0.3 is 0 Å². The van der Waals surface area contributed by atoms with Gasteiger partial charge in [-0.1, -0.05) is 12.1 Å². The van der Waals surface area contributed by atoms with Crippen LogP contribution >= 0.6 is 11.3 Å². The van der Waals surface area contributed by atoms with E-state index in [1.165, 1.54) is 23.5 Å². The van der Waals surface area contributed by atoms with Crippen LogP contribution in [0.4, 0.5) is 4.39 Å². The molecule has 1 amide bonds. The van der Waals surface area contributed by atoms with Gasteiger partial charge in [0, 0.05) is 43.9 Å². The zero-order valence-corrected chi connectivity index (χ0v) is 18.0. The fourth-order valence-electron chi connectivity index (χ4n) is 3.85. The standard InChI is InChI=1S/C22H22FN3O4S/c1-3-26-15(12-30-2)10-25-11-17(19(27)20(28)18(25)22(26)29)21-24-9-16(31-21)8-13-4-6-14(23)7-5-13/h4-7,9,11,15,28H,3,8,10,12H2,1-2H3/t15-/m0/s1. The van der Waals surface area contributed by atoms with Crippen molar-refractivity contribution in [1.29, 1.82) is 0 Å². The molecule has 0 bridgehead atoms. The summed E-state index contributed by atoms with van der Waals surface area (Å²) in [7, 11) is 1.57. The van der Waals surface area contributed by atoms with E-state index in [-0.39, 0.29) is 23.1 Å². The van der Waals surface area contributed by atoms with E-state index in [0.29, 0.717) is 31.1 Å². The molecule has 0 saturated carbocycles. The van der Waals surface area contributed by atoms with Crippen LogP contribution in [0, 0.1) is 5.82 Å². The smallest absolute Gasteiger partial charge is 0.274 e. The maximum atomic E-state index is 13.1. The van der Waals surface area contributed by atoms with E-state index in [4.69, 9.17) is 4.74 Å². The molecule has 3 heterocycles. The fraction of sp³-hybridized carbons (Fsp3) is 0.318. The highest BCUT2D eigenvalue weighted by atomic mass is 32.1. The van der Waals surface area contributed by atoms with Crippen molar-refractivity contribution < 1.29 is 19.0 Å². The Kier molecular flexibility index (Phi) is 5.88. The van der Waals surface area contributed by atoms with Crippen LogP contribution in [-0.4, -0.2) is 51.8 Å². The third-order valence-corrected chi connectivity index (χ3v) is 6.37. The molecule has 1 N–H and O–H groups in total. The summed E-state index contributed by atoms with van der Waals surface area (Å²) in [6.45, 7) is 3.04. The van der Waals surface area contributed by atoms with Gasteiger partial charge in [0.1, 0.15) is 10.8 Å². The summed E-state index contributed by atoms with van der Waals surface area (Å²) in [5.74, 6) is -1.26. The van der Waals surface area contributed by atoms with Crippen molar-refractivity contribution in [3.05, 3.63) is 68.8 Å². The minimum absolute atomic E-state index is 0.00829. The fourth-order valence-corrected chi connectivity index (χ4v) is 4.81. The van der Waals surface area contributed by atoms with Gasteiger partial charge in [-0.25, -0.2) is 9.37 Å². The van der Waals surface area contributed by atoms with E-state index in [9.17, 15) is 19.1 Å². The number of rotatable bonds is 6. The van der Waals surface area contributed by atoms with E-state index < -0.39 is 17.1 Å². The summed E-state index contributed by atoms with van der Waals surface area (Å²) in [5.41, 5.74) is 0.536. The molecule has 7 nitrogen and oxygen atoms in total. The topological polar surface area (TPSA) is 84.7 Å². The molecule has 0 aliphatic carbocycles. The number of carbonyl (C=O) groups is 1. The van der Waals surface area contributed by atoms with Gasteiger partial charge in [0.2, 0.25) is 5.43 Å². The van der Waals surface area contributed by atoms with Gasteiger partial charge in [-0.15, -0.1) is 11.3 Å². The van der Waals surface area contributed by atoms with E-state index >= 15 is 0 Å². The first-order valence-electron chi connectivity index (χ1n) is 9.88. The molecule has 0 fully saturated rings. The zero-order chi connectivity index (χ0) is 22.1. The van der Waals surface area contributed by atoms with Gasteiger partial charge in [0.15, 0.2) is 11.4 Å². The maximum Gasteiger partial charge on any atom is 0.274 e. The highest BCUT2D eigenvalue weighted by molar-refractivity contribution is 7.15. The quantitative estimate of drug-likeness (QED) is 0.633. The summed E-state index contributed by atoms with van der Waals surface area (Å²) in [4.78, 5) is 32.6. The Morgan fingerprint density at radius 2 is 2.03 bits per heavy atom. The minimum atomic E-state index is -0.622. The predicted molar refractivity (Wildman–Crippen MR) is 115 cm³/mol. The van der Waals surface area contributed by atoms with Crippen LogP contribution in [0.25, 0.3) is 10.6 Å². The van der Waals surface area contributed by atoms with E-state index in [1.807, 2.05) is 6.92 Å². The summed E-state index contributed by atoms with van der Waals surface area (Å²) < 4.78 is 20.0. The number of hydrogen-bond donors (Lipinski definition) is 1. The SMILES string of the molecule is CCN1C(=O)c2c(O)c(=O)c(-c3ncc(Cc4ccc(F)cc4)s3)cn2C[C@H]1COC. The highest BCUT2D eigenvalue weighted by Gasteiger charge is 2.35. The van der Waals surface area contributed by atoms with E-state index in [1.54, 1.807) is 41.1 Å². The number of pyridine rings is 1. The van der Waals surface area contributed by atoms with Crippen molar-refractivity contribution in [2.24, 2.45) is 0 Å². The van der Waals surface area contributed by atoms with Crippen molar-refractivity contribution in [3.8, 4) is 16.3 Å². The van der Waals surface area contributed by atoms with Gasteiger partial charge in [-0.3, -0.25) is 9.59 Å². The lowest BCUT2D eigenvalue weighted by Crippen LogP contribution is -2.50. The Morgan fingerprint density at radius 3 is 2.71 bits per heavy atom. The Bertz CT molecular complexity index is 1170. The van der Waals surface area contributed by atoms with Crippen LogP contribution in [0.3, 0.4) is 0 Å². The Labute approximate surface area is 182 Å². The van der Waals surface area contributed by atoms with Gasteiger partial charge in [0.25, 0.3) is 5.91 Å². The first-order chi connectivity index (χ1) is 14.9. The molecule has 1 atom stereocenters. The van der Waals surface area contributed by atoms with E-state index in [0.717, 1.165) is 10.4 Å². The van der Waals surface area contributed by atoms with Gasteiger partial charge in [-0.2, -0.15) is 0 Å². The van der Waals surface area contributed by atoms with Crippen LogP contribution in [0.2, 0.25) is 0 Å². The Hall–Kier alpha value is -3.04. The van der Waals surface area contributed by atoms with E-state index in [2.05, 4.69) is 4.98 Å². The lowest BCUT2D eigenvalue weighted by molar-refractivity contribution is 0.0423. The largest absolute Gasteiger partial charge is 0.503 e. The number of fused-ring (bicyclic) bond motifs is 1. The number of carbonyl (C=O) groups excluding carboxylic acids is 1. The van der Waals surface area contributed by atoms with Gasteiger partial charge in [0.05, 0.1) is 18.2 Å². The number of nitrogens with zero attached hydrogens (tertiary/aromatic N) is 3. The third kappa shape index (κ3) is 3.98. The summed E-state index contributed by atoms with van der Waals surface area (Å²) in [5, 5.41) is 11.0. The average molecular weight is 444 g/mol. The monoisotopic (exact) mass is 443 g/mol. The zero-order valence-electron chi connectivity index (χ0n) is 17.2. The summed E-state index contributed by atoms with van der Waals surface area (Å²) >= 11 is 1.33. The second kappa shape index (κ2) is 8.60. The molecule has 4 rings (SSSR count). The van der Waals surface area contributed by atoms with Crippen molar-refractivity contribution in [3.63, 3.8) is 0 Å². The van der Waals surface area contributed by atoms with Crippen molar-refractivity contribution >= 4 is 17.2 Å². The van der Waals surface area contributed by atoms with Crippen molar-refractivity contribution in [2.75, 3.05) is 20.3 Å². The number of aromatic nitrogens is 2.